The number of rotatable bonds is 3. The molecule has 0 saturated carbocycles. The normalized spacial score (nSPS) is 13.6. The molecular formula is C61H35NO2S. The fourth-order valence-electron chi connectivity index (χ4n) is 11.5. The minimum absolute atomic E-state index is 0.401. The van der Waals surface area contributed by atoms with Crippen molar-refractivity contribution in [2.24, 2.45) is 0 Å². The highest BCUT2D eigenvalue weighted by Gasteiger charge is 2.50. The van der Waals surface area contributed by atoms with Crippen LogP contribution >= 0.6 is 11.8 Å². The average molecular weight is 846 g/mol. The summed E-state index contributed by atoms with van der Waals surface area (Å²) in [6, 6.07) is 78.1. The Hall–Kier alpha value is -8.05. The van der Waals surface area contributed by atoms with Crippen LogP contribution in [-0.2, 0) is 5.41 Å². The second-order valence-electron chi connectivity index (χ2n) is 17.5. The first-order chi connectivity index (χ1) is 32.2. The minimum Gasteiger partial charge on any atom is -0.456 e. The molecule has 302 valence electrons. The molecule has 0 amide bonds. The number of nitrogens with zero attached hydrogens (tertiary/aromatic N) is 1. The van der Waals surface area contributed by atoms with Gasteiger partial charge in [0.2, 0.25) is 0 Å². The summed E-state index contributed by atoms with van der Waals surface area (Å²) in [6.45, 7) is 0. The average Bonchev–Trinajstić information content (AvgIpc) is 4.10. The van der Waals surface area contributed by atoms with Crippen molar-refractivity contribution in [3.63, 3.8) is 0 Å². The van der Waals surface area contributed by atoms with E-state index in [0.717, 1.165) is 71.7 Å². The van der Waals surface area contributed by atoms with Gasteiger partial charge in [0.25, 0.3) is 0 Å². The Kier molecular flexibility index (Phi) is 7.09. The lowest BCUT2D eigenvalue weighted by atomic mass is 9.67. The Morgan fingerprint density at radius 3 is 1.48 bits per heavy atom. The molecule has 1 spiro atoms. The van der Waals surface area contributed by atoms with Crippen LogP contribution in [0.3, 0.4) is 0 Å². The largest absolute Gasteiger partial charge is 0.456 e. The van der Waals surface area contributed by atoms with E-state index in [9.17, 15) is 0 Å². The van der Waals surface area contributed by atoms with Gasteiger partial charge in [0, 0.05) is 47.8 Å². The van der Waals surface area contributed by atoms with E-state index < -0.39 is 5.41 Å². The summed E-state index contributed by atoms with van der Waals surface area (Å²) in [5.74, 6) is 0. The molecule has 2 aliphatic rings. The third kappa shape index (κ3) is 4.81. The first kappa shape index (κ1) is 35.4. The van der Waals surface area contributed by atoms with Crippen LogP contribution in [0.25, 0.3) is 105 Å². The van der Waals surface area contributed by atoms with Gasteiger partial charge in [-0.05, 0) is 122 Å². The minimum atomic E-state index is -0.401. The van der Waals surface area contributed by atoms with Gasteiger partial charge in [0.05, 0.1) is 16.4 Å². The van der Waals surface area contributed by atoms with Gasteiger partial charge >= 0.3 is 0 Å². The Morgan fingerprint density at radius 1 is 0.323 bits per heavy atom. The smallest absolute Gasteiger partial charge is 0.135 e. The topological polar surface area (TPSA) is 31.2 Å². The Balaban J connectivity index is 0.945. The molecular weight excluding hydrogens is 811 g/mol. The quantitative estimate of drug-likeness (QED) is 0.178. The Labute approximate surface area is 377 Å². The molecule has 0 fully saturated rings. The summed E-state index contributed by atoms with van der Waals surface area (Å²) in [5, 5.41) is 6.90. The van der Waals surface area contributed by atoms with E-state index in [1.165, 1.54) is 65.1 Å². The zero-order chi connectivity index (χ0) is 42.4. The van der Waals surface area contributed by atoms with Crippen molar-refractivity contribution < 1.29 is 8.83 Å². The van der Waals surface area contributed by atoms with Crippen LogP contribution in [-0.4, -0.2) is 4.57 Å². The Morgan fingerprint density at radius 2 is 0.800 bits per heavy atom. The third-order valence-electron chi connectivity index (χ3n) is 14.3. The number of benzene rings is 10. The molecule has 1 aliphatic heterocycles. The predicted octanol–water partition coefficient (Wildman–Crippen LogP) is 16.7. The van der Waals surface area contributed by atoms with Gasteiger partial charge < -0.3 is 13.4 Å². The van der Waals surface area contributed by atoms with Gasteiger partial charge in [0.15, 0.2) is 0 Å². The van der Waals surface area contributed by atoms with Crippen molar-refractivity contribution in [3.8, 4) is 39.1 Å². The second kappa shape index (κ2) is 13.0. The molecule has 0 radical (unpaired) electrons. The van der Waals surface area contributed by atoms with Crippen LogP contribution in [0, 0.1) is 0 Å². The van der Waals surface area contributed by atoms with Gasteiger partial charge in [-0.3, -0.25) is 0 Å². The standard InChI is InChI=1S/C61H35NO2S/c1-5-15-49-41(11-1)42-12-2-6-16-50(42)61(49)51-17-7-10-20-59(51)65-60-34-39(23-28-52(60)61)38-22-27-44-43-26-21-37(36-24-29-57-47(31-36)45-13-3-8-18-55(45)63-57)32-53(43)62(54(44)33-38)40-25-30-58-48(35-40)46-14-4-9-19-56(46)64-58/h1-35H. The molecule has 3 nitrogen and oxygen atoms in total. The third-order valence-corrected chi connectivity index (χ3v) is 15.4. The van der Waals surface area contributed by atoms with Gasteiger partial charge in [0.1, 0.15) is 22.3 Å². The van der Waals surface area contributed by atoms with Crippen LogP contribution < -0.4 is 0 Å². The Bertz CT molecular complexity index is 4140. The van der Waals surface area contributed by atoms with Gasteiger partial charge in [-0.25, -0.2) is 0 Å². The van der Waals surface area contributed by atoms with E-state index in [4.69, 9.17) is 8.83 Å². The SMILES string of the molecule is c1ccc2c(c1)Sc1cc(-c3ccc4c5ccc(-c6ccc7oc8ccccc8c7c6)cc5n(-c5ccc6oc7ccccc7c6c5)c4c3)ccc1C21c2ccccc2-c2ccccc21. The maximum atomic E-state index is 6.33. The molecule has 3 aromatic heterocycles. The summed E-state index contributed by atoms with van der Waals surface area (Å²) in [7, 11) is 0. The first-order valence-electron chi connectivity index (χ1n) is 22.2. The van der Waals surface area contributed by atoms with Crippen molar-refractivity contribution in [3.05, 3.63) is 235 Å². The van der Waals surface area contributed by atoms with Gasteiger partial charge in [-0.2, -0.15) is 0 Å². The summed E-state index contributed by atoms with van der Waals surface area (Å²) in [5.41, 5.74) is 19.3. The van der Waals surface area contributed by atoms with Crippen molar-refractivity contribution in [1.29, 1.82) is 0 Å². The van der Waals surface area contributed by atoms with E-state index >= 15 is 0 Å². The monoisotopic (exact) mass is 845 g/mol. The molecule has 10 aromatic carbocycles. The molecule has 0 N–H and O–H groups in total. The lowest BCUT2D eigenvalue weighted by Gasteiger charge is -2.39. The van der Waals surface area contributed by atoms with Crippen LogP contribution in [0.15, 0.2) is 231 Å². The molecule has 0 atom stereocenters. The van der Waals surface area contributed by atoms with Crippen LogP contribution in [0.1, 0.15) is 22.3 Å². The highest BCUT2D eigenvalue weighted by atomic mass is 32.2. The van der Waals surface area contributed by atoms with E-state index in [2.05, 4.69) is 199 Å². The maximum Gasteiger partial charge on any atom is 0.135 e. The van der Waals surface area contributed by atoms with Crippen molar-refractivity contribution in [1.82, 2.24) is 4.57 Å². The fraction of sp³-hybridized carbons (Fsp3) is 0.0164. The molecule has 1 aliphatic carbocycles. The first-order valence-corrected chi connectivity index (χ1v) is 23.0. The highest BCUT2D eigenvalue weighted by Crippen LogP contribution is 2.62. The molecule has 15 rings (SSSR count). The second-order valence-corrected chi connectivity index (χ2v) is 18.6. The molecule has 13 aromatic rings. The lowest BCUT2D eigenvalue weighted by molar-refractivity contribution is 0.668. The maximum absolute atomic E-state index is 6.33. The molecule has 0 bridgehead atoms. The predicted molar refractivity (Wildman–Crippen MR) is 268 cm³/mol. The number of para-hydroxylation sites is 2. The summed E-state index contributed by atoms with van der Waals surface area (Å²) >= 11 is 1.89. The number of hydrogen-bond acceptors (Lipinski definition) is 3. The summed E-state index contributed by atoms with van der Waals surface area (Å²) in [4.78, 5) is 2.59. The molecule has 65 heavy (non-hydrogen) atoms. The van der Waals surface area contributed by atoms with Crippen LogP contribution in [0.5, 0.6) is 0 Å². The van der Waals surface area contributed by atoms with Gasteiger partial charge in [-0.1, -0.05) is 157 Å². The van der Waals surface area contributed by atoms with E-state index in [1.54, 1.807) is 0 Å². The number of aromatic nitrogens is 1. The highest BCUT2D eigenvalue weighted by molar-refractivity contribution is 7.99. The molecule has 4 heterocycles. The molecule has 4 heteroatoms. The van der Waals surface area contributed by atoms with E-state index in [1.807, 2.05) is 30.0 Å². The lowest BCUT2D eigenvalue weighted by Crippen LogP contribution is -2.31. The zero-order valence-corrected chi connectivity index (χ0v) is 35.7. The van der Waals surface area contributed by atoms with Crippen molar-refractivity contribution in [2.75, 3.05) is 0 Å². The van der Waals surface area contributed by atoms with Crippen LogP contribution in [0.4, 0.5) is 0 Å². The molecule has 0 unspecified atom stereocenters. The van der Waals surface area contributed by atoms with Crippen molar-refractivity contribution >= 4 is 77.4 Å². The number of fused-ring (bicyclic) bond motifs is 18. The number of furan rings is 2. The summed E-state index contributed by atoms with van der Waals surface area (Å²) < 4.78 is 15.0. The van der Waals surface area contributed by atoms with Gasteiger partial charge in [-0.15, -0.1) is 0 Å². The van der Waals surface area contributed by atoms with Crippen molar-refractivity contribution in [2.45, 2.75) is 15.2 Å². The zero-order valence-electron chi connectivity index (χ0n) is 34.9. The van der Waals surface area contributed by atoms with Crippen LogP contribution in [0.2, 0.25) is 0 Å². The summed E-state index contributed by atoms with van der Waals surface area (Å²) in [6.07, 6.45) is 0. The fourth-order valence-corrected chi connectivity index (χ4v) is 12.7. The van der Waals surface area contributed by atoms with E-state index in [-0.39, 0.29) is 0 Å². The molecule has 0 saturated heterocycles. The van der Waals surface area contributed by atoms with E-state index in [0.29, 0.717) is 0 Å². The number of hydrogen-bond donors (Lipinski definition) is 0.